The maximum atomic E-state index is 12.1. The van der Waals surface area contributed by atoms with E-state index in [0.717, 1.165) is 10.9 Å². The van der Waals surface area contributed by atoms with E-state index >= 15 is 0 Å². The molecular formula is C16H9Cl2NO2. The average Bonchev–Trinajstić information content (AvgIpc) is 2.51. The molecule has 0 unspecified atom stereocenters. The predicted molar refractivity (Wildman–Crippen MR) is 83.2 cm³/mol. The number of ether oxygens (including phenoxy) is 1. The van der Waals surface area contributed by atoms with E-state index < -0.39 is 5.97 Å². The highest BCUT2D eigenvalue weighted by molar-refractivity contribution is 6.43. The molecule has 3 aromatic rings. The summed E-state index contributed by atoms with van der Waals surface area (Å²) in [6.07, 6.45) is 0. The predicted octanol–water partition coefficient (Wildman–Crippen LogP) is 4.76. The molecule has 0 fully saturated rings. The maximum absolute atomic E-state index is 12.1. The number of nitrogens with zero attached hydrogens (tertiary/aromatic N) is 1. The average molecular weight is 318 g/mol. The molecule has 0 aliphatic rings. The third-order valence-electron chi connectivity index (χ3n) is 2.93. The van der Waals surface area contributed by atoms with E-state index in [9.17, 15) is 4.79 Å². The minimum absolute atomic E-state index is 0.202. The molecule has 0 spiro atoms. The van der Waals surface area contributed by atoms with Crippen molar-refractivity contribution < 1.29 is 9.53 Å². The molecule has 0 saturated carbocycles. The van der Waals surface area contributed by atoms with Gasteiger partial charge in [-0.15, -0.1) is 0 Å². The van der Waals surface area contributed by atoms with Gasteiger partial charge in [-0.2, -0.15) is 0 Å². The lowest BCUT2D eigenvalue weighted by molar-refractivity contribution is 0.0729. The number of halogens is 2. The van der Waals surface area contributed by atoms with Crippen LogP contribution >= 0.6 is 23.2 Å². The number of carbonyl (C=O) groups is 1. The number of hydrogen-bond donors (Lipinski definition) is 0. The molecule has 0 bridgehead atoms. The smallest absolute Gasteiger partial charge is 0.362 e. The molecule has 1 heterocycles. The fourth-order valence-electron chi connectivity index (χ4n) is 1.89. The summed E-state index contributed by atoms with van der Waals surface area (Å²) in [5.74, 6) is -0.367. The van der Waals surface area contributed by atoms with Crippen molar-refractivity contribution in [2.75, 3.05) is 0 Å². The van der Waals surface area contributed by atoms with E-state index in [4.69, 9.17) is 27.9 Å². The van der Waals surface area contributed by atoms with Crippen LogP contribution in [0.1, 0.15) is 10.5 Å². The van der Waals surface area contributed by atoms with Gasteiger partial charge in [0.05, 0.1) is 10.5 Å². The summed E-state index contributed by atoms with van der Waals surface area (Å²) in [6, 6.07) is 15.8. The quantitative estimate of drug-likeness (QED) is 0.505. The van der Waals surface area contributed by atoms with Gasteiger partial charge in [0, 0.05) is 5.39 Å². The number of aromatic nitrogens is 1. The van der Waals surface area contributed by atoms with E-state index in [1.54, 1.807) is 24.3 Å². The van der Waals surface area contributed by atoms with Crippen LogP contribution in [0.4, 0.5) is 0 Å². The second kappa shape index (κ2) is 5.72. The van der Waals surface area contributed by atoms with Crippen LogP contribution in [0.25, 0.3) is 10.9 Å². The van der Waals surface area contributed by atoms with Gasteiger partial charge in [0.25, 0.3) is 0 Å². The Morgan fingerprint density at radius 3 is 2.62 bits per heavy atom. The number of hydrogen-bond acceptors (Lipinski definition) is 3. The Morgan fingerprint density at radius 1 is 0.952 bits per heavy atom. The van der Waals surface area contributed by atoms with Crippen LogP contribution in [0.2, 0.25) is 10.0 Å². The molecule has 3 nitrogen and oxygen atoms in total. The Kier molecular flexibility index (Phi) is 3.78. The zero-order valence-electron chi connectivity index (χ0n) is 10.7. The molecule has 0 N–H and O–H groups in total. The van der Waals surface area contributed by atoms with Crippen LogP contribution in [0.5, 0.6) is 5.75 Å². The minimum atomic E-state index is -0.579. The summed E-state index contributed by atoms with van der Waals surface area (Å²) in [6.45, 7) is 0. The molecule has 0 atom stereocenters. The summed E-state index contributed by atoms with van der Waals surface area (Å²) in [5.41, 5.74) is 0.939. The number of benzene rings is 2. The normalized spacial score (nSPS) is 10.6. The highest BCUT2D eigenvalue weighted by Gasteiger charge is 2.14. The van der Waals surface area contributed by atoms with Crippen LogP contribution in [-0.4, -0.2) is 11.0 Å². The third-order valence-corrected chi connectivity index (χ3v) is 3.73. The molecule has 5 heteroatoms. The Labute approximate surface area is 131 Å². The van der Waals surface area contributed by atoms with Gasteiger partial charge in [-0.1, -0.05) is 53.5 Å². The van der Waals surface area contributed by atoms with Crippen LogP contribution in [0, 0.1) is 0 Å². The van der Waals surface area contributed by atoms with Crippen LogP contribution in [0.15, 0.2) is 54.6 Å². The van der Waals surface area contributed by atoms with E-state index in [1.807, 2.05) is 30.3 Å². The number of para-hydroxylation sites is 1. The van der Waals surface area contributed by atoms with Crippen molar-refractivity contribution in [2.24, 2.45) is 0 Å². The van der Waals surface area contributed by atoms with Crippen LogP contribution in [0.3, 0.4) is 0 Å². The number of esters is 1. The van der Waals surface area contributed by atoms with E-state index in [1.165, 1.54) is 0 Å². The van der Waals surface area contributed by atoms with Gasteiger partial charge >= 0.3 is 5.97 Å². The number of carbonyl (C=O) groups excluding carboxylic acids is 1. The van der Waals surface area contributed by atoms with Gasteiger partial charge in [0.15, 0.2) is 5.75 Å². The zero-order valence-corrected chi connectivity index (χ0v) is 12.2. The van der Waals surface area contributed by atoms with Gasteiger partial charge < -0.3 is 4.74 Å². The van der Waals surface area contributed by atoms with Crippen molar-refractivity contribution in [1.29, 1.82) is 0 Å². The Hall–Kier alpha value is -2.10. The summed E-state index contributed by atoms with van der Waals surface area (Å²) in [4.78, 5) is 16.4. The molecule has 0 saturated heterocycles. The Balaban J connectivity index is 1.91. The van der Waals surface area contributed by atoms with Gasteiger partial charge in [-0.05, 0) is 24.3 Å². The summed E-state index contributed by atoms with van der Waals surface area (Å²) in [5, 5.41) is 1.48. The highest BCUT2D eigenvalue weighted by atomic mass is 35.5. The molecule has 1 aromatic heterocycles. The lowest BCUT2D eigenvalue weighted by atomic mass is 10.2. The summed E-state index contributed by atoms with van der Waals surface area (Å²) in [7, 11) is 0. The summed E-state index contributed by atoms with van der Waals surface area (Å²) < 4.78 is 5.24. The van der Waals surface area contributed by atoms with E-state index in [0.29, 0.717) is 5.02 Å². The molecule has 0 amide bonds. The van der Waals surface area contributed by atoms with Crippen molar-refractivity contribution in [3.8, 4) is 5.75 Å². The fraction of sp³-hybridized carbons (Fsp3) is 0. The van der Waals surface area contributed by atoms with Crippen molar-refractivity contribution >= 4 is 40.1 Å². The van der Waals surface area contributed by atoms with E-state index in [2.05, 4.69) is 4.98 Å². The van der Waals surface area contributed by atoms with Crippen molar-refractivity contribution in [3.05, 3.63) is 70.3 Å². The Bertz CT molecular complexity index is 833. The van der Waals surface area contributed by atoms with E-state index in [-0.39, 0.29) is 16.5 Å². The van der Waals surface area contributed by atoms with Crippen LogP contribution in [-0.2, 0) is 0 Å². The molecule has 0 aliphatic heterocycles. The number of pyridine rings is 1. The molecule has 3 rings (SSSR count). The molecule has 0 radical (unpaired) electrons. The monoisotopic (exact) mass is 317 g/mol. The second-order valence-electron chi connectivity index (χ2n) is 4.33. The first-order valence-electron chi connectivity index (χ1n) is 6.17. The number of rotatable bonds is 2. The number of fused-ring (bicyclic) bond motifs is 1. The van der Waals surface area contributed by atoms with Crippen molar-refractivity contribution in [2.45, 2.75) is 0 Å². The lowest BCUT2D eigenvalue weighted by Crippen LogP contribution is -2.10. The molecular weight excluding hydrogens is 309 g/mol. The topological polar surface area (TPSA) is 39.2 Å². The SMILES string of the molecule is O=C(Oc1cccc(Cl)c1Cl)c1ccc2ccccc2n1. The first-order chi connectivity index (χ1) is 10.1. The Morgan fingerprint density at radius 2 is 1.76 bits per heavy atom. The second-order valence-corrected chi connectivity index (χ2v) is 5.12. The van der Waals surface area contributed by atoms with Crippen molar-refractivity contribution in [1.82, 2.24) is 4.98 Å². The van der Waals surface area contributed by atoms with Crippen LogP contribution < -0.4 is 4.74 Å². The zero-order chi connectivity index (χ0) is 14.8. The first-order valence-corrected chi connectivity index (χ1v) is 6.93. The van der Waals surface area contributed by atoms with Gasteiger partial charge in [0.1, 0.15) is 10.7 Å². The third kappa shape index (κ3) is 2.84. The molecule has 21 heavy (non-hydrogen) atoms. The maximum Gasteiger partial charge on any atom is 0.362 e. The van der Waals surface area contributed by atoms with Gasteiger partial charge in [0.2, 0.25) is 0 Å². The standard InChI is InChI=1S/C16H9Cl2NO2/c17-11-5-3-7-14(15(11)18)21-16(20)13-9-8-10-4-1-2-6-12(10)19-13/h1-9H. The van der Waals surface area contributed by atoms with Gasteiger partial charge in [-0.3, -0.25) is 0 Å². The lowest BCUT2D eigenvalue weighted by Gasteiger charge is -2.07. The largest absolute Gasteiger partial charge is 0.420 e. The first kappa shape index (κ1) is 13.9. The molecule has 0 aliphatic carbocycles. The fourth-order valence-corrected chi connectivity index (χ4v) is 2.23. The minimum Gasteiger partial charge on any atom is -0.420 e. The highest BCUT2D eigenvalue weighted by Crippen LogP contribution is 2.31. The summed E-state index contributed by atoms with van der Waals surface area (Å²) >= 11 is 11.9. The molecule has 2 aromatic carbocycles. The van der Waals surface area contributed by atoms with Gasteiger partial charge in [-0.25, -0.2) is 9.78 Å². The van der Waals surface area contributed by atoms with Crippen molar-refractivity contribution in [3.63, 3.8) is 0 Å². The molecule has 104 valence electrons.